The van der Waals surface area contributed by atoms with E-state index in [2.05, 4.69) is 13.8 Å². The third-order valence-corrected chi connectivity index (χ3v) is 2.84. The molecule has 1 unspecified atom stereocenters. The van der Waals surface area contributed by atoms with Crippen LogP contribution in [-0.2, 0) is 4.79 Å². The number of carboxylic acid groups (broad SMARTS) is 1. The second-order valence-electron chi connectivity index (χ2n) is 4.16. The number of unbranched alkanes of at least 4 members (excludes halogenated alkanes) is 3. The molecule has 3 heteroatoms. The Kier molecular flexibility index (Phi) is 8.38. The number of hydrogen-bond donors (Lipinski definition) is 1. The molecule has 0 aromatic heterocycles. The van der Waals surface area contributed by atoms with Gasteiger partial charge in [0, 0.05) is 6.04 Å². The van der Waals surface area contributed by atoms with Crippen molar-refractivity contribution in [1.29, 1.82) is 0 Å². The lowest BCUT2D eigenvalue weighted by Gasteiger charge is -2.25. The SMILES string of the molecule is CCCCCCC(C)N(CC)CC(=O)O. The molecule has 0 fully saturated rings. The summed E-state index contributed by atoms with van der Waals surface area (Å²) in [5.74, 6) is -0.725. The van der Waals surface area contributed by atoms with Crippen LogP contribution >= 0.6 is 0 Å². The lowest BCUT2D eigenvalue weighted by atomic mass is 10.1. The molecule has 15 heavy (non-hydrogen) atoms. The van der Waals surface area contributed by atoms with Crippen LogP contribution in [0.4, 0.5) is 0 Å². The topological polar surface area (TPSA) is 40.5 Å². The van der Waals surface area contributed by atoms with E-state index in [4.69, 9.17) is 5.11 Å². The van der Waals surface area contributed by atoms with Gasteiger partial charge in [-0.1, -0.05) is 39.5 Å². The first-order valence-electron chi connectivity index (χ1n) is 6.07. The van der Waals surface area contributed by atoms with Gasteiger partial charge in [0.15, 0.2) is 0 Å². The molecule has 3 nitrogen and oxygen atoms in total. The largest absolute Gasteiger partial charge is 0.480 e. The number of likely N-dealkylation sites (N-methyl/N-ethyl adjacent to an activating group) is 1. The van der Waals surface area contributed by atoms with Gasteiger partial charge in [-0.2, -0.15) is 0 Å². The third kappa shape index (κ3) is 7.37. The smallest absolute Gasteiger partial charge is 0.317 e. The van der Waals surface area contributed by atoms with Crippen molar-refractivity contribution in [3.63, 3.8) is 0 Å². The summed E-state index contributed by atoms with van der Waals surface area (Å²) < 4.78 is 0. The van der Waals surface area contributed by atoms with Crippen LogP contribution in [0, 0.1) is 0 Å². The first-order valence-corrected chi connectivity index (χ1v) is 6.07. The lowest BCUT2D eigenvalue weighted by Crippen LogP contribution is -2.37. The van der Waals surface area contributed by atoms with E-state index in [-0.39, 0.29) is 6.54 Å². The molecule has 0 aliphatic heterocycles. The minimum atomic E-state index is -0.725. The second kappa shape index (κ2) is 8.72. The summed E-state index contributed by atoms with van der Waals surface area (Å²) in [5, 5.41) is 8.73. The van der Waals surface area contributed by atoms with Crippen LogP contribution in [0.5, 0.6) is 0 Å². The number of carbonyl (C=O) groups is 1. The fourth-order valence-corrected chi connectivity index (χ4v) is 1.80. The van der Waals surface area contributed by atoms with Crippen LogP contribution in [0.25, 0.3) is 0 Å². The van der Waals surface area contributed by atoms with Crippen molar-refractivity contribution >= 4 is 5.97 Å². The molecule has 0 saturated heterocycles. The van der Waals surface area contributed by atoms with Crippen LogP contribution in [0.3, 0.4) is 0 Å². The zero-order valence-corrected chi connectivity index (χ0v) is 10.3. The van der Waals surface area contributed by atoms with Crippen molar-refractivity contribution in [3.8, 4) is 0 Å². The van der Waals surface area contributed by atoms with Crippen molar-refractivity contribution in [3.05, 3.63) is 0 Å². The van der Waals surface area contributed by atoms with Gasteiger partial charge in [0.05, 0.1) is 6.54 Å². The lowest BCUT2D eigenvalue weighted by molar-refractivity contribution is -0.138. The van der Waals surface area contributed by atoms with Crippen LogP contribution in [0.15, 0.2) is 0 Å². The molecule has 1 N–H and O–H groups in total. The Morgan fingerprint density at radius 3 is 2.40 bits per heavy atom. The maximum atomic E-state index is 10.6. The van der Waals surface area contributed by atoms with Crippen molar-refractivity contribution in [2.75, 3.05) is 13.1 Å². The van der Waals surface area contributed by atoms with Gasteiger partial charge in [0.1, 0.15) is 0 Å². The first kappa shape index (κ1) is 14.4. The summed E-state index contributed by atoms with van der Waals surface area (Å²) in [5.41, 5.74) is 0. The highest BCUT2D eigenvalue weighted by Gasteiger charge is 2.14. The quantitative estimate of drug-likeness (QED) is 0.601. The maximum Gasteiger partial charge on any atom is 0.317 e. The molecule has 0 rings (SSSR count). The van der Waals surface area contributed by atoms with Gasteiger partial charge in [0.25, 0.3) is 0 Å². The highest BCUT2D eigenvalue weighted by atomic mass is 16.4. The number of rotatable bonds is 9. The van der Waals surface area contributed by atoms with Gasteiger partial charge in [-0.3, -0.25) is 9.69 Å². The summed E-state index contributed by atoms with van der Waals surface area (Å²) in [6, 6.07) is 0.392. The molecule has 0 radical (unpaired) electrons. The average Bonchev–Trinajstić information content (AvgIpc) is 2.20. The Morgan fingerprint density at radius 1 is 1.27 bits per heavy atom. The first-order chi connectivity index (χ1) is 7.11. The van der Waals surface area contributed by atoms with Gasteiger partial charge < -0.3 is 5.11 Å². The molecule has 1 atom stereocenters. The molecular formula is C12H25NO2. The van der Waals surface area contributed by atoms with Gasteiger partial charge >= 0.3 is 5.97 Å². The van der Waals surface area contributed by atoms with Crippen molar-refractivity contribution < 1.29 is 9.90 Å². The van der Waals surface area contributed by atoms with E-state index in [0.717, 1.165) is 13.0 Å². The zero-order chi connectivity index (χ0) is 11.7. The van der Waals surface area contributed by atoms with E-state index in [1.54, 1.807) is 0 Å². The van der Waals surface area contributed by atoms with E-state index < -0.39 is 5.97 Å². The summed E-state index contributed by atoms with van der Waals surface area (Å²) >= 11 is 0. The van der Waals surface area contributed by atoms with Crippen LogP contribution in [0.1, 0.15) is 52.9 Å². The van der Waals surface area contributed by atoms with Crippen LogP contribution < -0.4 is 0 Å². The van der Waals surface area contributed by atoms with Gasteiger partial charge in [-0.05, 0) is 19.9 Å². The number of aliphatic carboxylic acids is 1. The molecular weight excluding hydrogens is 190 g/mol. The minimum Gasteiger partial charge on any atom is -0.480 e. The summed E-state index contributed by atoms with van der Waals surface area (Å²) in [6.45, 7) is 7.34. The Hall–Kier alpha value is -0.570. The van der Waals surface area contributed by atoms with Crippen molar-refractivity contribution in [1.82, 2.24) is 4.90 Å². The molecule has 0 aliphatic carbocycles. The molecule has 0 aromatic rings. The molecule has 0 heterocycles. The molecule has 0 saturated carbocycles. The monoisotopic (exact) mass is 215 g/mol. The molecule has 0 aromatic carbocycles. The van der Waals surface area contributed by atoms with Crippen molar-refractivity contribution in [2.45, 2.75) is 58.9 Å². The predicted octanol–water partition coefficient (Wildman–Crippen LogP) is 2.75. The third-order valence-electron chi connectivity index (χ3n) is 2.84. The normalized spacial score (nSPS) is 13.1. The molecule has 0 spiro atoms. The molecule has 0 amide bonds. The highest BCUT2D eigenvalue weighted by Crippen LogP contribution is 2.10. The number of carboxylic acids is 1. The summed E-state index contributed by atoms with van der Waals surface area (Å²) in [4.78, 5) is 12.6. The van der Waals surface area contributed by atoms with E-state index >= 15 is 0 Å². The van der Waals surface area contributed by atoms with Gasteiger partial charge in [-0.15, -0.1) is 0 Å². The van der Waals surface area contributed by atoms with Gasteiger partial charge in [-0.25, -0.2) is 0 Å². The number of nitrogens with zero attached hydrogens (tertiary/aromatic N) is 1. The molecule has 90 valence electrons. The van der Waals surface area contributed by atoms with Crippen LogP contribution in [-0.4, -0.2) is 35.1 Å². The minimum absolute atomic E-state index is 0.172. The predicted molar refractivity (Wildman–Crippen MR) is 63.1 cm³/mol. The standard InChI is InChI=1S/C12H25NO2/c1-4-6-7-8-9-11(3)13(5-2)10-12(14)15/h11H,4-10H2,1-3H3,(H,14,15). The molecule has 0 bridgehead atoms. The maximum absolute atomic E-state index is 10.6. The van der Waals surface area contributed by atoms with E-state index in [0.29, 0.717) is 6.04 Å². The van der Waals surface area contributed by atoms with Crippen LogP contribution in [0.2, 0.25) is 0 Å². The van der Waals surface area contributed by atoms with Crippen molar-refractivity contribution in [2.24, 2.45) is 0 Å². The fourth-order valence-electron chi connectivity index (χ4n) is 1.80. The second-order valence-corrected chi connectivity index (χ2v) is 4.16. The number of hydrogen-bond acceptors (Lipinski definition) is 2. The van der Waals surface area contributed by atoms with E-state index in [1.807, 2.05) is 11.8 Å². The molecule has 0 aliphatic rings. The van der Waals surface area contributed by atoms with Gasteiger partial charge in [0.2, 0.25) is 0 Å². The van der Waals surface area contributed by atoms with E-state index in [9.17, 15) is 4.79 Å². The summed E-state index contributed by atoms with van der Waals surface area (Å²) in [7, 11) is 0. The average molecular weight is 215 g/mol. The Bertz CT molecular complexity index is 171. The highest BCUT2D eigenvalue weighted by molar-refractivity contribution is 5.69. The zero-order valence-electron chi connectivity index (χ0n) is 10.3. The Balaban J connectivity index is 3.72. The summed E-state index contributed by atoms with van der Waals surface area (Å²) in [6.07, 6.45) is 6.14. The Labute approximate surface area is 93.5 Å². The fraction of sp³-hybridized carbons (Fsp3) is 0.917. The Morgan fingerprint density at radius 2 is 1.93 bits per heavy atom. The van der Waals surface area contributed by atoms with E-state index in [1.165, 1.54) is 25.7 Å².